The molecule has 10 heteroatoms. The van der Waals surface area contributed by atoms with Gasteiger partial charge in [-0.15, -0.1) is 0 Å². The number of anilines is 2. The van der Waals surface area contributed by atoms with Crippen molar-refractivity contribution in [2.45, 2.75) is 0 Å². The Morgan fingerprint density at radius 1 is 1.03 bits per heavy atom. The largest absolute Gasteiger partial charge is 0.382 e. The Kier molecular flexibility index (Phi) is 5.62. The van der Waals surface area contributed by atoms with Crippen molar-refractivity contribution in [2.24, 2.45) is 0 Å². The summed E-state index contributed by atoms with van der Waals surface area (Å²) < 4.78 is 49.4. The highest BCUT2D eigenvalue weighted by Crippen LogP contribution is 2.32. The Morgan fingerprint density at radius 2 is 1.80 bits per heavy atom. The highest BCUT2D eigenvalue weighted by Gasteiger charge is 2.25. The van der Waals surface area contributed by atoms with E-state index < -0.39 is 16.0 Å². The van der Waals surface area contributed by atoms with Gasteiger partial charge in [-0.2, -0.15) is 12.7 Å². The molecule has 0 amide bonds. The molecular weight excluding hydrogens is 409 g/mol. The molecule has 8 nitrogen and oxygen atoms in total. The minimum atomic E-state index is -3.75. The van der Waals surface area contributed by atoms with Gasteiger partial charge in [0.1, 0.15) is 11.6 Å². The number of benzene rings is 2. The Balaban J connectivity index is 1.65. The maximum absolute atomic E-state index is 14.8. The molecule has 2 aromatic carbocycles. The van der Waals surface area contributed by atoms with Gasteiger partial charge < -0.3 is 10.5 Å². The first-order chi connectivity index (χ1) is 14.4. The second-order valence-electron chi connectivity index (χ2n) is 6.69. The molecule has 3 N–H and O–H groups in total. The van der Waals surface area contributed by atoms with Crippen molar-refractivity contribution < 1.29 is 17.5 Å². The van der Waals surface area contributed by atoms with Crippen molar-refractivity contribution in [3.05, 3.63) is 60.7 Å². The van der Waals surface area contributed by atoms with E-state index in [0.717, 1.165) is 0 Å². The summed E-state index contributed by atoms with van der Waals surface area (Å²) in [7, 11) is -3.75. The average Bonchev–Trinajstić information content (AvgIpc) is 2.75. The Labute approximate surface area is 173 Å². The number of aromatic nitrogens is 2. The molecular formula is C20H20FN5O3S. The molecule has 1 aliphatic heterocycles. The van der Waals surface area contributed by atoms with Crippen LogP contribution in [0.25, 0.3) is 22.4 Å². The van der Waals surface area contributed by atoms with Crippen LogP contribution in [0.2, 0.25) is 0 Å². The molecule has 30 heavy (non-hydrogen) atoms. The third-order valence-corrected chi connectivity index (χ3v) is 6.23. The fourth-order valence-electron chi connectivity index (χ4n) is 3.18. The minimum Gasteiger partial charge on any atom is -0.382 e. The quantitative estimate of drug-likeness (QED) is 0.645. The number of ether oxygens (including phenoxy) is 1. The summed E-state index contributed by atoms with van der Waals surface area (Å²) in [5.41, 5.74) is 7.61. The van der Waals surface area contributed by atoms with Gasteiger partial charge in [0.25, 0.3) is 0 Å². The summed E-state index contributed by atoms with van der Waals surface area (Å²) in [4.78, 5) is 8.03. The lowest BCUT2D eigenvalue weighted by Crippen LogP contribution is -2.43. The van der Waals surface area contributed by atoms with E-state index in [1.165, 1.54) is 22.8 Å². The number of hydrogen-bond donors (Lipinski definition) is 2. The normalized spacial score (nSPS) is 15.1. The first-order valence-electron chi connectivity index (χ1n) is 9.26. The second-order valence-corrected chi connectivity index (χ2v) is 8.36. The summed E-state index contributed by atoms with van der Waals surface area (Å²) in [6.45, 7) is 1.26. The van der Waals surface area contributed by atoms with Gasteiger partial charge in [-0.1, -0.05) is 24.3 Å². The molecule has 0 bridgehead atoms. The lowest BCUT2D eigenvalue weighted by Gasteiger charge is -2.26. The SMILES string of the molecule is Nc1cnc(-c2ccc(-c3ccccc3NS(=O)(=O)N3CCOCC3)cc2F)cn1. The van der Waals surface area contributed by atoms with Crippen LogP contribution in [0.1, 0.15) is 0 Å². The van der Waals surface area contributed by atoms with Crippen LogP contribution in [0.15, 0.2) is 54.9 Å². The minimum absolute atomic E-state index is 0.247. The molecule has 1 saturated heterocycles. The van der Waals surface area contributed by atoms with Crippen LogP contribution in [-0.4, -0.2) is 49.0 Å². The van der Waals surface area contributed by atoms with E-state index >= 15 is 0 Å². The van der Waals surface area contributed by atoms with Gasteiger partial charge in [0.05, 0.1) is 37.0 Å². The molecule has 1 aliphatic rings. The molecule has 0 spiro atoms. The molecule has 0 saturated carbocycles. The van der Waals surface area contributed by atoms with E-state index in [1.807, 2.05) is 0 Å². The van der Waals surface area contributed by atoms with Crippen LogP contribution in [0, 0.1) is 5.82 Å². The fourth-order valence-corrected chi connectivity index (χ4v) is 4.40. The second kappa shape index (κ2) is 8.34. The number of hydrogen-bond acceptors (Lipinski definition) is 6. The van der Waals surface area contributed by atoms with E-state index in [2.05, 4.69) is 14.7 Å². The first-order valence-corrected chi connectivity index (χ1v) is 10.7. The molecule has 0 aliphatic carbocycles. The first kappa shape index (κ1) is 20.2. The molecule has 0 unspecified atom stereocenters. The molecule has 4 rings (SSSR count). The predicted octanol–water partition coefficient (Wildman–Crippen LogP) is 2.52. The Bertz CT molecular complexity index is 1150. The van der Waals surface area contributed by atoms with Gasteiger partial charge in [0.15, 0.2) is 0 Å². The standard InChI is InChI=1S/C20H20FN5O3S/c21-17-11-14(5-6-16(17)19-12-24-20(22)13-23-19)15-3-1-2-4-18(15)25-30(27,28)26-7-9-29-10-8-26/h1-6,11-13,25H,7-10H2,(H2,22,24). The summed E-state index contributed by atoms with van der Waals surface area (Å²) in [5, 5.41) is 0. The number of rotatable bonds is 5. The number of halogens is 1. The summed E-state index contributed by atoms with van der Waals surface area (Å²) in [6, 6.07) is 11.5. The zero-order valence-corrected chi connectivity index (χ0v) is 16.8. The number of nitrogens with zero attached hydrogens (tertiary/aromatic N) is 3. The topological polar surface area (TPSA) is 110 Å². The van der Waals surface area contributed by atoms with Crippen LogP contribution < -0.4 is 10.5 Å². The third kappa shape index (κ3) is 4.25. The van der Waals surface area contributed by atoms with Crippen LogP contribution in [0.3, 0.4) is 0 Å². The van der Waals surface area contributed by atoms with Gasteiger partial charge in [0, 0.05) is 24.2 Å². The molecule has 156 valence electrons. The van der Waals surface area contributed by atoms with Crippen LogP contribution in [0.5, 0.6) is 0 Å². The smallest absolute Gasteiger partial charge is 0.301 e. The van der Waals surface area contributed by atoms with E-state index in [1.54, 1.807) is 36.4 Å². The Morgan fingerprint density at radius 3 is 2.50 bits per heavy atom. The molecule has 3 aromatic rings. The van der Waals surface area contributed by atoms with Gasteiger partial charge in [-0.05, 0) is 23.8 Å². The highest BCUT2D eigenvalue weighted by atomic mass is 32.2. The summed E-state index contributed by atoms with van der Waals surface area (Å²) in [5.74, 6) is -0.255. The number of nitrogen functional groups attached to an aromatic ring is 1. The lowest BCUT2D eigenvalue weighted by molar-refractivity contribution is 0.0733. The van der Waals surface area contributed by atoms with E-state index in [0.29, 0.717) is 35.7 Å². The van der Waals surface area contributed by atoms with Gasteiger partial charge >= 0.3 is 10.2 Å². The maximum atomic E-state index is 14.8. The number of nitrogens with one attached hydrogen (secondary N) is 1. The maximum Gasteiger partial charge on any atom is 0.301 e. The third-order valence-electron chi connectivity index (χ3n) is 4.70. The van der Waals surface area contributed by atoms with Gasteiger partial charge in [0.2, 0.25) is 0 Å². The number of para-hydroxylation sites is 1. The Hall–Kier alpha value is -3.08. The van der Waals surface area contributed by atoms with Crippen molar-refractivity contribution >= 4 is 21.7 Å². The zero-order valence-electron chi connectivity index (χ0n) is 16.0. The van der Waals surface area contributed by atoms with Crippen molar-refractivity contribution in [3.63, 3.8) is 0 Å². The van der Waals surface area contributed by atoms with Crippen molar-refractivity contribution in [3.8, 4) is 22.4 Å². The molecule has 1 fully saturated rings. The van der Waals surface area contributed by atoms with Crippen molar-refractivity contribution in [1.29, 1.82) is 0 Å². The molecule has 1 aromatic heterocycles. The van der Waals surface area contributed by atoms with Crippen molar-refractivity contribution in [2.75, 3.05) is 36.8 Å². The van der Waals surface area contributed by atoms with Crippen LogP contribution in [0.4, 0.5) is 15.9 Å². The van der Waals surface area contributed by atoms with Crippen molar-refractivity contribution in [1.82, 2.24) is 14.3 Å². The predicted molar refractivity (Wildman–Crippen MR) is 112 cm³/mol. The molecule has 0 radical (unpaired) electrons. The lowest BCUT2D eigenvalue weighted by atomic mass is 10.0. The monoisotopic (exact) mass is 429 g/mol. The average molecular weight is 429 g/mol. The van der Waals surface area contributed by atoms with Gasteiger partial charge in [-0.25, -0.2) is 9.37 Å². The molecule has 0 atom stereocenters. The highest BCUT2D eigenvalue weighted by molar-refractivity contribution is 7.90. The number of nitrogens with two attached hydrogens (primary N) is 1. The van der Waals surface area contributed by atoms with E-state index in [9.17, 15) is 12.8 Å². The number of morpholine rings is 1. The van der Waals surface area contributed by atoms with Gasteiger partial charge in [-0.3, -0.25) is 9.71 Å². The molecule has 2 heterocycles. The van der Waals surface area contributed by atoms with Crippen LogP contribution in [-0.2, 0) is 14.9 Å². The zero-order chi connectivity index (χ0) is 21.1. The van der Waals surface area contributed by atoms with Crippen LogP contribution >= 0.6 is 0 Å². The summed E-state index contributed by atoms with van der Waals surface area (Å²) in [6.07, 6.45) is 2.76. The van der Waals surface area contributed by atoms with E-state index in [4.69, 9.17) is 10.5 Å². The van der Waals surface area contributed by atoms with E-state index in [-0.39, 0.29) is 24.5 Å². The summed E-state index contributed by atoms with van der Waals surface area (Å²) >= 11 is 0. The fraction of sp³-hybridized carbons (Fsp3) is 0.200.